The maximum atomic E-state index is 12.5. The van der Waals surface area contributed by atoms with Gasteiger partial charge in [0.25, 0.3) is 0 Å². The number of aromatic nitrogens is 2. The standard InChI is InChI=1S/C18H19Cl2N3O3/c19-15-6-5-11(7-16(15)20)9-23-10-12(8-21-23)22-17(24)13-3-1-2-4-14(13)18(25)26/h5-8,10,13-14H,1-4,9H2,(H,22,24)(H,25,26)/t13-,14-/m1/s1. The minimum Gasteiger partial charge on any atom is -0.481 e. The van der Waals surface area contributed by atoms with Gasteiger partial charge in [0.1, 0.15) is 0 Å². The molecule has 1 aromatic heterocycles. The van der Waals surface area contributed by atoms with Crippen LogP contribution in [0.5, 0.6) is 0 Å². The molecule has 0 radical (unpaired) electrons. The number of benzene rings is 1. The van der Waals surface area contributed by atoms with Crippen LogP contribution >= 0.6 is 23.2 Å². The summed E-state index contributed by atoms with van der Waals surface area (Å²) in [5.41, 5.74) is 1.48. The smallest absolute Gasteiger partial charge is 0.307 e. The van der Waals surface area contributed by atoms with Gasteiger partial charge in [0.2, 0.25) is 5.91 Å². The zero-order chi connectivity index (χ0) is 18.7. The zero-order valence-electron chi connectivity index (χ0n) is 14.0. The second-order valence-corrected chi connectivity index (χ2v) is 7.31. The van der Waals surface area contributed by atoms with E-state index in [1.165, 1.54) is 0 Å². The monoisotopic (exact) mass is 395 g/mol. The van der Waals surface area contributed by atoms with Gasteiger partial charge in [-0.1, -0.05) is 42.1 Å². The molecule has 2 aromatic rings. The molecule has 0 bridgehead atoms. The molecule has 0 spiro atoms. The molecule has 2 N–H and O–H groups in total. The van der Waals surface area contributed by atoms with E-state index in [2.05, 4.69) is 10.4 Å². The molecule has 1 saturated carbocycles. The van der Waals surface area contributed by atoms with Crippen LogP contribution in [-0.2, 0) is 16.1 Å². The van der Waals surface area contributed by atoms with E-state index in [0.717, 1.165) is 18.4 Å². The molecule has 1 aromatic carbocycles. The molecular weight excluding hydrogens is 377 g/mol. The molecule has 1 fully saturated rings. The highest BCUT2D eigenvalue weighted by atomic mass is 35.5. The summed E-state index contributed by atoms with van der Waals surface area (Å²) in [6.45, 7) is 0.480. The van der Waals surface area contributed by atoms with Crippen LogP contribution in [0.3, 0.4) is 0 Å². The van der Waals surface area contributed by atoms with E-state index in [1.807, 2.05) is 6.07 Å². The van der Waals surface area contributed by atoms with Crippen molar-refractivity contribution in [1.82, 2.24) is 9.78 Å². The Hall–Kier alpha value is -2.05. The summed E-state index contributed by atoms with van der Waals surface area (Å²) in [6.07, 6.45) is 6.12. The van der Waals surface area contributed by atoms with Crippen molar-refractivity contribution >= 4 is 40.8 Å². The van der Waals surface area contributed by atoms with E-state index in [4.69, 9.17) is 23.2 Å². The van der Waals surface area contributed by atoms with Crippen LogP contribution in [-0.4, -0.2) is 26.8 Å². The Morgan fingerprint density at radius 2 is 1.92 bits per heavy atom. The number of carbonyl (C=O) groups excluding carboxylic acids is 1. The van der Waals surface area contributed by atoms with Crippen molar-refractivity contribution in [3.05, 3.63) is 46.2 Å². The first-order valence-corrected chi connectivity index (χ1v) is 9.19. The molecule has 2 atom stereocenters. The van der Waals surface area contributed by atoms with Crippen LogP contribution in [0.1, 0.15) is 31.2 Å². The van der Waals surface area contributed by atoms with Crippen molar-refractivity contribution in [2.75, 3.05) is 5.32 Å². The second-order valence-electron chi connectivity index (χ2n) is 6.50. The van der Waals surface area contributed by atoms with E-state index in [1.54, 1.807) is 29.2 Å². The number of aliphatic carboxylic acids is 1. The fourth-order valence-corrected chi connectivity index (χ4v) is 3.64. The van der Waals surface area contributed by atoms with Gasteiger partial charge in [-0.3, -0.25) is 14.3 Å². The summed E-state index contributed by atoms with van der Waals surface area (Å²) < 4.78 is 1.67. The molecule has 3 rings (SSSR count). The molecule has 1 amide bonds. The first-order chi connectivity index (χ1) is 12.4. The van der Waals surface area contributed by atoms with Crippen molar-refractivity contribution in [1.29, 1.82) is 0 Å². The first-order valence-electron chi connectivity index (χ1n) is 8.44. The summed E-state index contributed by atoms with van der Waals surface area (Å²) in [4.78, 5) is 23.9. The zero-order valence-corrected chi connectivity index (χ0v) is 15.5. The lowest BCUT2D eigenvalue weighted by molar-refractivity contribution is -0.147. The highest BCUT2D eigenvalue weighted by Gasteiger charge is 2.35. The third-order valence-electron chi connectivity index (χ3n) is 4.65. The average Bonchev–Trinajstić information content (AvgIpc) is 3.05. The molecule has 0 aliphatic heterocycles. The van der Waals surface area contributed by atoms with Crippen LogP contribution in [0.15, 0.2) is 30.6 Å². The number of carboxylic acids is 1. The van der Waals surface area contributed by atoms with E-state index in [0.29, 0.717) is 35.1 Å². The van der Waals surface area contributed by atoms with Gasteiger partial charge in [-0.25, -0.2) is 0 Å². The van der Waals surface area contributed by atoms with Crippen molar-refractivity contribution in [2.45, 2.75) is 32.2 Å². The first kappa shape index (κ1) is 18.7. The van der Waals surface area contributed by atoms with Crippen molar-refractivity contribution < 1.29 is 14.7 Å². The number of carboxylic acid groups (broad SMARTS) is 1. The summed E-state index contributed by atoms with van der Waals surface area (Å²) in [6, 6.07) is 5.34. The predicted molar refractivity (Wildman–Crippen MR) is 99.5 cm³/mol. The van der Waals surface area contributed by atoms with Crippen LogP contribution in [0, 0.1) is 11.8 Å². The Morgan fingerprint density at radius 3 is 2.62 bits per heavy atom. The van der Waals surface area contributed by atoms with Crippen molar-refractivity contribution in [3.63, 3.8) is 0 Å². The molecule has 8 heteroatoms. The number of rotatable bonds is 5. The number of hydrogen-bond donors (Lipinski definition) is 2. The highest BCUT2D eigenvalue weighted by molar-refractivity contribution is 6.42. The quantitative estimate of drug-likeness (QED) is 0.798. The van der Waals surface area contributed by atoms with Crippen LogP contribution < -0.4 is 5.32 Å². The van der Waals surface area contributed by atoms with E-state index < -0.39 is 17.8 Å². The van der Waals surface area contributed by atoms with Crippen LogP contribution in [0.25, 0.3) is 0 Å². The van der Waals surface area contributed by atoms with Gasteiger partial charge in [-0.05, 0) is 30.5 Å². The Bertz CT molecular complexity index is 822. The van der Waals surface area contributed by atoms with E-state index >= 15 is 0 Å². The number of anilines is 1. The van der Waals surface area contributed by atoms with Gasteiger partial charge in [-0.2, -0.15) is 5.10 Å². The maximum absolute atomic E-state index is 12.5. The molecule has 1 aliphatic rings. The summed E-state index contributed by atoms with van der Waals surface area (Å²) >= 11 is 11.9. The van der Waals surface area contributed by atoms with Crippen molar-refractivity contribution in [3.8, 4) is 0 Å². The Morgan fingerprint density at radius 1 is 1.19 bits per heavy atom. The Balaban J connectivity index is 1.65. The number of carbonyl (C=O) groups is 2. The van der Waals surface area contributed by atoms with Gasteiger partial charge in [0, 0.05) is 6.20 Å². The Labute approximate surface area is 161 Å². The molecule has 1 aliphatic carbocycles. The Kier molecular flexibility index (Phi) is 5.84. The van der Waals surface area contributed by atoms with Gasteiger partial charge >= 0.3 is 5.97 Å². The lowest BCUT2D eigenvalue weighted by Gasteiger charge is -2.27. The number of hydrogen-bond acceptors (Lipinski definition) is 3. The lowest BCUT2D eigenvalue weighted by atomic mass is 9.78. The van der Waals surface area contributed by atoms with Gasteiger partial charge in [0.05, 0.1) is 40.3 Å². The molecular formula is C18H19Cl2N3O3. The SMILES string of the molecule is O=C(O)[C@@H]1CCCC[C@H]1C(=O)Nc1cnn(Cc2ccc(Cl)c(Cl)c2)c1. The topological polar surface area (TPSA) is 84.2 Å². The summed E-state index contributed by atoms with van der Waals surface area (Å²) in [5, 5.41) is 17.3. The minimum absolute atomic E-state index is 0.258. The summed E-state index contributed by atoms with van der Waals surface area (Å²) in [7, 11) is 0. The van der Waals surface area contributed by atoms with Crippen LogP contribution in [0.2, 0.25) is 10.0 Å². The third kappa shape index (κ3) is 4.37. The van der Waals surface area contributed by atoms with E-state index in [9.17, 15) is 14.7 Å². The van der Waals surface area contributed by atoms with E-state index in [-0.39, 0.29) is 5.91 Å². The molecule has 0 unspecified atom stereocenters. The number of amides is 1. The van der Waals surface area contributed by atoms with Gasteiger partial charge < -0.3 is 10.4 Å². The number of halogens is 2. The predicted octanol–water partition coefficient (Wildman–Crippen LogP) is 4.07. The molecule has 1 heterocycles. The highest BCUT2D eigenvalue weighted by Crippen LogP contribution is 2.31. The van der Waals surface area contributed by atoms with Crippen molar-refractivity contribution in [2.24, 2.45) is 11.8 Å². The lowest BCUT2D eigenvalue weighted by Crippen LogP contribution is -2.35. The minimum atomic E-state index is -0.903. The molecule has 6 nitrogen and oxygen atoms in total. The third-order valence-corrected chi connectivity index (χ3v) is 5.39. The van der Waals surface area contributed by atoms with Gasteiger partial charge in [-0.15, -0.1) is 0 Å². The summed E-state index contributed by atoms with van der Waals surface area (Å²) in [5.74, 6) is -2.28. The fraction of sp³-hybridized carbons (Fsp3) is 0.389. The number of nitrogens with one attached hydrogen (secondary N) is 1. The van der Waals surface area contributed by atoms with Gasteiger partial charge in [0.15, 0.2) is 0 Å². The fourth-order valence-electron chi connectivity index (χ4n) is 3.31. The maximum Gasteiger partial charge on any atom is 0.307 e. The van der Waals surface area contributed by atoms with Crippen LogP contribution in [0.4, 0.5) is 5.69 Å². The number of nitrogens with zero attached hydrogens (tertiary/aromatic N) is 2. The largest absolute Gasteiger partial charge is 0.481 e. The second kappa shape index (κ2) is 8.10. The molecule has 26 heavy (non-hydrogen) atoms. The molecule has 0 saturated heterocycles. The average molecular weight is 396 g/mol. The normalized spacial score (nSPS) is 19.9. The molecule has 138 valence electrons.